The molecule has 0 amide bonds. The second kappa shape index (κ2) is 6.01. The first kappa shape index (κ1) is 13.1. The molecule has 0 aromatic carbocycles. The van der Waals surface area contributed by atoms with Crippen molar-refractivity contribution in [3.63, 3.8) is 0 Å². The van der Waals surface area contributed by atoms with E-state index >= 15 is 0 Å². The summed E-state index contributed by atoms with van der Waals surface area (Å²) in [4.78, 5) is 6.56. The Hall–Kier alpha value is -1.35. The zero-order chi connectivity index (χ0) is 13.0. The number of morpholine rings is 1. The van der Waals surface area contributed by atoms with Gasteiger partial charge >= 0.3 is 0 Å². The number of nitrogens with one attached hydrogen (secondary N) is 1. The molecule has 2 rings (SSSR count). The lowest BCUT2D eigenvalue weighted by Crippen LogP contribution is -2.41. The van der Waals surface area contributed by atoms with Gasteiger partial charge in [-0.2, -0.15) is 5.26 Å². The number of aromatic nitrogens is 1. The van der Waals surface area contributed by atoms with Crippen molar-refractivity contribution in [3.05, 3.63) is 22.8 Å². The van der Waals surface area contributed by atoms with E-state index in [0.29, 0.717) is 24.7 Å². The van der Waals surface area contributed by atoms with Crippen LogP contribution in [-0.4, -0.2) is 42.7 Å². The molecular formula is C12H15ClN4O. The summed E-state index contributed by atoms with van der Waals surface area (Å²) in [5, 5.41) is 12.5. The largest absolute Gasteiger partial charge is 0.373 e. The van der Waals surface area contributed by atoms with E-state index in [1.165, 1.54) is 0 Å². The van der Waals surface area contributed by atoms with Crippen LogP contribution in [0, 0.1) is 11.3 Å². The van der Waals surface area contributed by atoms with E-state index in [4.69, 9.17) is 21.6 Å². The van der Waals surface area contributed by atoms with Gasteiger partial charge in [-0.3, -0.25) is 4.90 Å². The number of anilines is 1. The molecule has 5 nitrogen and oxygen atoms in total. The van der Waals surface area contributed by atoms with Crippen molar-refractivity contribution in [3.8, 4) is 6.07 Å². The smallest absolute Gasteiger partial charge is 0.156 e. The third-order valence-electron chi connectivity index (χ3n) is 2.84. The monoisotopic (exact) mass is 266 g/mol. The van der Waals surface area contributed by atoms with Crippen molar-refractivity contribution >= 4 is 17.4 Å². The highest BCUT2D eigenvalue weighted by Crippen LogP contribution is 2.19. The minimum Gasteiger partial charge on any atom is -0.373 e. The van der Waals surface area contributed by atoms with Crippen LogP contribution in [0.4, 0.5) is 5.82 Å². The molecule has 1 aliphatic heterocycles. The molecule has 1 atom stereocenters. The summed E-state index contributed by atoms with van der Waals surface area (Å²) in [6.07, 6.45) is -0.356. The average Bonchev–Trinajstić information content (AvgIpc) is 2.41. The standard InChI is InChI=1S/C12H15ClN4O/c1-15-12-3-2-10(13)11(16-12)8-17-4-5-18-9(6-14)7-17/h2-3,9H,4-5,7-8H2,1H3,(H,15,16). The molecule has 1 aliphatic rings. The number of pyridine rings is 1. The molecule has 0 aliphatic carbocycles. The van der Waals surface area contributed by atoms with E-state index in [1.54, 1.807) is 0 Å². The third kappa shape index (κ3) is 3.10. The van der Waals surface area contributed by atoms with Gasteiger partial charge in [0.15, 0.2) is 6.10 Å². The fraction of sp³-hybridized carbons (Fsp3) is 0.500. The third-order valence-corrected chi connectivity index (χ3v) is 3.19. The van der Waals surface area contributed by atoms with E-state index in [2.05, 4.69) is 21.3 Å². The molecule has 2 heterocycles. The highest BCUT2D eigenvalue weighted by molar-refractivity contribution is 6.31. The molecule has 18 heavy (non-hydrogen) atoms. The molecule has 1 aromatic rings. The van der Waals surface area contributed by atoms with Crippen LogP contribution in [0.2, 0.25) is 5.02 Å². The summed E-state index contributed by atoms with van der Waals surface area (Å²) in [5.74, 6) is 0.791. The van der Waals surface area contributed by atoms with Crippen molar-refractivity contribution in [2.45, 2.75) is 12.6 Å². The summed E-state index contributed by atoms with van der Waals surface area (Å²) >= 11 is 6.13. The molecule has 1 N–H and O–H groups in total. The van der Waals surface area contributed by atoms with Crippen LogP contribution in [0.15, 0.2) is 12.1 Å². The van der Waals surface area contributed by atoms with E-state index in [-0.39, 0.29) is 6.10 Å². The zero-order valence-corrected chi connectivity index (χ0v) is 10.9. The Kier molecular flexibility index (Phi) is 4.37. The predicted octanol–water partition coefficient (Wildman–Crippen LogP) is 1.50. The lowest BCUT2D eigenvalue weighted by Gasteiger charge is -2.29. The molecule has 1 saturated heterocycles. The zero-order valence-electron chi connectivity index (χ0n) is 10.2. The maximum atomic E-state index is 8.86. The summed E-state index contributed by atoms with van der Waals surface area (Å²) < 4.78 is 5.30. The molecule has 0 bridgehead atoms. The number of nitrogens with zero attached hydrogens (tertiary/aromatic N) is 3. The second-order valence-electron chi connectivity index (χ2n) is 4.10. The van der Waals surface area contributed by atoms with Gasteiger partial charge < -0.3 is 10.1 Å². The number of hydrogen-bond acceptors (Lipinski definition) is 5. The van der Waals surface area contributed by atoms with Crippen molar-refractivity contribution < 1.29 is 4.74 Å². The molecular weight excluding hydrogens is 252 g/mol. The van der Waals surface area contributed by atoms with E-state index in [9.17, 15) is 0 Å². The highest BCUT2D eigenvalue weighted by atomic mass is 35.5. The fourth-order valence-electron chi connectivity index (χ4n) is 1.87. The Labute approximate surface area is 111 Å². The van der Waals surface area contributed by atoms with Crippen molar-refractivity contribution in [1.29, 1.82) is 5.26 Å². The summed E-state index contributed by atoms with van der Waals surface area (Å²) in [5.41, 5.74) is 0.821. The normalized spacial score (nSPS) is 20.4. The molecule has 1 aromatic heterocycles. The lowest BCUT2D eigenvalue weighted by molar-refractivity contribution is -0.00309. The van der Waals surface area contributed by atoms with Gasteiger partial charge in [-0.1, -0.05) is 11.6 Å². The number of rotatable bonds is 3. The molecule has 1 fully saturated rings. The van der Waals surface area contributed by atoms with E-state index in [0.717, 1.165) is 18.1 Å². The number of ether oxygens (including phenoxy) is 1. The minimum atomic E-state index is -0.356. The van der Waals surface area contributed by atoms with Crippen LogP contribution in [0.25, 0.3) is 0 Å². The number of halogens is 1. The van der Waals surface area contributed by atoms with Crippen molar-refractivity contribution in [1.82, 2.24) is 9.88 Å². The number of hydrogen-bond donors (Lipinski definition) is 1. The molecule has 0 saturated carbocycles. The Morgan fingerprint density at radius 1 is 1.67 bits per heavy atom. The lowest BCUT2D eigenvalue weighted by atomic mass is 10.2. The summed E-state index contributed by atoms with van der Waals surface area (Å²) in [6, 6.07) is 5.80. The van der Waals surface area contributed by atoms with Gasteiger partial charge in [0, 0.05) is 26.7 Å². The first-order chi connectivity index (χ1) is 8.72. The minimum absolute atomic E-state index is 0.356. The molecule has 1 unspecified atom stereocenters. The molecule has 96 valence electrons. The van der Waals surface area contributed by atoms with Crippen LogP contribution in [0.1, 0.15) is 5.69 Å². The fourth-order valence-corrected chi connectivity index (χ4v) is 2.04. The SMILES string of the molecule is CNc1ccc(Cl)c(CN2CCOC(C#N)C2)n1. The average molecular weight is 267 g/mol. The van der Waals surface area contributed by atoms with Gasteiger partial charge in [0.05, 0.1) is 23.4 Å². The molecule has 0 spiro atoms. The quantitative estimate of drug-likeness (QED) is 0.898. The summed E-state index contributed by atoms with van der Waals surface area (Å²) in [7, 11) is 1.82. The van der Waals surface area contributed by atoms with Crippen LogP contribution in [-0.2, 0) is 11.3 Å². The first-order valence-electron chi connectivity index (χ1n) is 5.79. The van der Waals surface area contributed by atoms with Gasteiger partial charge in [0.25, 0.3) is 0 Å². The van der Waals surface area contributed by atoms with Gasteiger partial charge in [0.2, 0.25) is 0 Å². The Balaban J connectivity index is 2.06. The first-order valence-corrected chi connectivity index (χ1v) is 6.17. The van der Waals surface area contributed by atoms with Crippen LogP contribution in [0.3, 0.4) is 0 Å². The Bertz CT molecular complexity index is 460. The maximum Gasteiger partial charge on any atom is 0.156 e. The Morgan fingerprint density at radius 3 is 3.22 bits per heavy atom. The summed E-state index contributed by atoms with van der Waals surface area (Å²) in [6.45, 7) is 2.59. The Morgan fingerprint density at radius 2 is 2.50 bits per heavy atom. The van der Waals surface area contributed by atoms with Crippen molar-refractivity contribution in [2.75, 3.05) is 32.1 Å². The van der Waals surface area contributed by atoms with Gasteiger partial charge in [0.1, 0.15) is 5.82 Å². The van der Waals surface area contributed by atoms with Crippen molar-refractivity contribution in [2.24, 2.45) is 0 Å². The topological polar surface area (TPSA) is 61.2 Å². The predicted molar refractivity (Wildman–Crippen MR) is 69.4 cm³/mol. The van der Waals surface area contributed by atoms with Crippen LogP contribution < -0.4 is 5.32 Å². The molecule has 6 heteroatoms. The maximum absolute atomic E-state index is 8.86. The van der Waals surface area contributed by atoms with Gasteiger partial charge in [-0.05, 0) is 12.1 Å². The van der Waals surface area contributed by atoms with Crippen LogP contribution >= 0.6 is 11.6 Å². The number of nitriles is 1. The van der Waals surface area contributed by atoms with Gasteiger partial charge in [-0.15, -0.1) is 0 Å². The second-order valence-corrected chi connectivity index (χ2v) is 4.51. The van der Waals surface area contributed by atoms with E-state index in [1.807, 2.05) is 19.2 Å². The van der Waals surface area contributed by atoms with Crippen LogP contribution in [0.5, 0.6) is 0 Å². The molecule has 0 radical (unpaired) electrons. The van der Waals surface area contributed by atoms with Gasteiger partial charge in [-0.25, -0.2) is 4.98 Å². The highest BCUT2D eigenvalue weighted by Gasteiger charge is 2.21. The van der Waals surface area contributed by atoms with E-state index < -0.39 is 0 Å².